The average Bonchev–Trinajstić information content (AvgIpc) is 3.31. The molecule has 6 heteroatoms. The maximum absolute atomic E-state index is 11.0. The highest BCUT2D eigenvalue weighted by Crippen LogP contribution is 2.00. The molecule has 124 valence electrons. The quantitative estimate of drug-likeness (QED) is 0.310. The van der Waals surface area contributed by atoms with Crippen molar-refractivity contribution < 1.29 is 23.7 Å². The molecule has 0 aromatic rings. The number of carbonyl (C=O) groups is 1. The molecule has 0 N–H and O–H groups in total. The first-order valence-electron chi connectivity index (χ1n) is 7.88. The molecule has 1 saturated heterocycles. The Morgan fingerprint density at radius 2 is 1.29 bits per heavy atom. The van der Waals surface area contributed by atoms with Crippen LogP contribution in [0.5, 0.6) is 0 Å². The molecule has 0 aromatic carbocycles. The Morgan fingerprint density at radius 1 is 0.810 bits per heavy atom. The van der Waals surface area contributed by atoms with E-state index >= 15 is 0 Å². The number of nitrogens with zero attached hydrogens (tertiary/aromatic N) is 1. The van der Waals surface area contributed by atoms with Gasteiger partial charge >= 0.3 is 0 Å². The van der Waals surface area contributed by atoms with Gasteiger partial charge < -0.3 is 18.9 Å². The summed E-state index contributed by atoms with van der Waals surface area (Å²) in [6.07, 6.45) is 1.08. The zero-order chi connectivity index (χ0) is 15.2. The van der Waals surface area contributed by atoms with Crippen molar-refractivity contribution in [2.45, 2.75) is 19.8 Å². The molecule has 1 fully saturated rings. The van der Waals surface area contributed by atoms with Gasteiger partial charge in [0.15, 0.2) is 0 Å². The van der Waals surface area contributed by atoms with Crippen molar-refractivity contribution >= 4 is 5.78 Å². The van der Waals surface area contributed by atoms with Crippen LogP contribution in [0.4, 0.5) is 0 Å². The number of carbonyl (C=O) groups excluding carboxylic acids is 1. The third kappa shape index (κ3) is 12.9. The summed E-state index contributed by atoms with van der Waals surface area (Å²) in [5, 5.41) is 0. The summed E-state index contributed by atoms with van der Waals surface area (Å²) in [7, 11) is 0. The van der Waals surface area contributed by atoms with E-state index < -0.39 is 0 Å². The molecule has 1 aliphatic rings. The second kappa shape index (κ2) is 13.2. The number of ether oxygens (including phenoxy) is 4. The van der Waals surface area contributed by atoms with Gasteiger partial charge in [0.2, 0.25) is 0 Å². The van der Waals surface area contributed by atoms with Crippen LogP contribution in [0.3, 0.4) is 0 Å². The van der Waals surface area contributed by atoms with E-state index in [1.165, 1.54) is 13.1 Å². The fourth-order valence-electron chi connectivity index (χ4n) is 1.61. The van der Waals surface area contributed by atoms with Gasteiger partial charge in [-0.2, -0.15) is 0 Å². The Bertz CT molecular complexity index is 258. The number of Topliss-reactive ketones (excluding diaryl/α,β-unsaturated/α-hetero) is 1. The van der Waals surface area contributed by atoms with Crippen LogP contribution in [-0.2, 0) is 23.7 Å². The van der Waals surface area contributed by atoms with Crippen molar-refractivity contribution in [2.75, 3.05) is 72.5 Å². The summed E-state index contributed by atoms with van der Waals surface area (Å²) < 4.78 is 21.5. The van der Waals surface area contributed by atoms with Crippen LogP contribution < -0.4 is 0 Å². The molecule has 6 nitrogen and oxygen atoms in total. The van der Waals surface area contributed by atoms with Gasteiger partial charge in [0.05, 0.1) is 52.9 Å². The number of ketones is 1. The summed E-state index contributed by atoms with van der Waals surface area (Å²) >= 11 is 0. The molecule has 21 heavy (non-hydrogen) atoms. The predicted octanol–water partition coefficient (Wildman–Crippen LogP) is 0.738. The lowest BCUT2D eigenvalue weighted by molar-refractivity contribution is -0.120. The zero-order valence-corrected chi connectivity index (χ0v) is 13.2. The van der Waals surface area contributed by atoms with Crippen LogP contribution in [-0.4, -0.2) is 83.2 Å². The van der Waals surface area contributed by atoms with Gasteiger partial charge in [-0.05, 0) is 0 Å². The van der Waals surface area contributed by atoms with Crippen LogP contribution in [0.1, 0.15) is 19.8 Å². The van der Waals surface area contributed by atoms with Crippen molar-refractivity contribution in [1.82, 2.24) is 4.90 Å². The Labute approximate surface area is 127 Å². The van der Waals surface area contributed by atoms with E-state index in [4.69, 9.17) is 18.9 Å². The van der Waals surface area contributed by atoms with E-state index in [1.807, 2.05) is 6.92 Å². The SMILES string of the molecule is CCC(=O)CCOCCOCCOCCOCCN1CC1. The highest BCUT2D eigenvalue weighted by atomic mass is 16.6. The van der Waals surface area contributed by atoms with Gasteiger partial charge in [-0.25, -0.2) is 0 Å². The van der Waals surface area contributed by atoms with Gasteiger partial charge in [-0.15, -0.1) is 0 Å². The minimum absolute atomic E-state index is 0.237. The topological polar surface area (TPSA) is 57.0 Å². The van der Waals surface area contributed by atoms with Crippen LogP contribution in [0, 0.1) is 0 Å². The molecule has 0 radical (unpaired) electrons. The van der Waals surface area contributed by atoms with Gasteiger partial charge in [0.1, 0.15) is 5.78 Å². The molecule has 1 rings (SSSR count). The van der Waals surface area contributed by atoms with E-state index in [2.05, 4.69) is 4.90 Å². The molecule has 0 amide bonds. The molecule has 0 atom stereocenters. The maximum atomic E-state index is 11.0. The Balaban J connectivity index is 1.64. The smallest absolute Gasteiger partial charge is 0.134 e. The first-order chi connectivity index (χ1) is 10.3. The second-order valence-corrected chi connectivity index (χ2v) is 4.93. The number of hydrogen-bond donors (Lipinski definition) is 0. The van der Waals surface area contributed by atoms with Gasteiger partial charge in [-0.1, -0.05) is 6.92 Å². The van der Waals surface area contributed by atoms with Gasteiger partial charge in [0.25, 0.3) is 0 Å². The molecular formula is C15H29NO5. The molecular weight excluding hydrogens is 274 g/mol. The van der Waals surface area contributed by atoms with Crippen LogP contribution in [0.15, 0.2) is 0 Å². The van der Waals surface area contributed by atoms with Crippen LogP contribution >= 0.6 is 0 Å². The third-order valence-corrected chi connectivity index (χ3v) is 3.13. The van der Waals surface area contributed by atoms with Crippen molar-refractivity contribution in [1.29, 1.82) is 0 Å². The largest absolute Gasteiger partial charge is 0.379 e. The third-order valence-electron chi connectivity index (χ3n) is 3.13. The highest BCUT2D eigenvalue weighted by Gasteiger charge is 2.15. The van der Waals surface area contributed by atoms with Gasteiger partial charge in [0, 0.05) is 32.5 Å². The minimum Gasteiger partial charge on any atom is -0.379 e. The molecule has 1 aliphatic heterocycles. The molecule has 0 aromatic heterocycles. The lowest BCUT2D eigenvalue weighted by Crippen LogP contribution is -2.14. The first-order valence-corrected chi connectivity index (χ1v) is 7.88. The summed E-state index contributed by atoms with van der Waals surface area (Å²) in [4.78, 5) is 13.3. The van der Waals surface area contributed by atoms with Gasteiger partial charge in [-0.3, -0.25) is 9.69 Å². The summed E-state index contributed by atoms with van der Waals surface area (Å²) in [5.41, 5.74) is 0. The van der Waals surface area contributed by atoms with Crippen molar-refractivity contribution in [3.05, 3.63) is 0 Å². The van der Waals surface area contributed by atoms with Crippen LogP contribution in [0.25, 0.3) is 0 Å². The van der Waals surface area contributed by atoms with E-state index in [0.29, 0.717) is 59.1 Å². The van der Waals surface area contributed by atoms with E-state index in [1.54, 1.807) is 0 Å². The number of hydrogen-bond acceptors (Lipinski definition) is 6. The predicted molar refractivity (Wildman–Crippen MR) is 79.6 cm³/mol. The summed E-state index contributed by atoms with van der Waals surface area (Å²) in [6, 6.07) is 0. The molecule has 1 heterocycles. The standard InChI is InChI=1S/C15H29NO5/c1-2-15(17)3-7-18-9-11-20-13-14-21-12-10-19-8-6-16-4-5-16/h2-14H2,1H3. The monoisotopic (exact) mass is 303 g/mol. The van der Waals surface area contributed by atoms with Crippen molar-refractivity contribution in [2.24, 2.45) is 0 Å². The number of rotatable bonds is 16. The first kappa shape index (κ1) is 18.5. The Hall–Kier alpha value is -0.530. The molecule has 0 bridgehead atoms. The fourth-order valence-corrected chi connectivity index (χ4v) is 1.61. The van der Waals surface area contributed by atoms with Crippen molar-refractivity contribution in [3.8, 4) is 0 Å². The minimum atomic E-state index is 0.237. The van der Waals surface area contributed by atoms with E-state index in [9.17, 15) is 4.79 Å². The Morgan fingerprint density at radius 3 is 1.76 bits per heavy atom. The lowest BCUT2D eigenvalue weighted by Gasteiger charge is -2.07. The van der Waals surface area contributed by atoms with Crippen LogP contribution in [0.2, 0.25) is 0 Å². The van der Waals surface area contributed by atoms with E-state index in [-0.39, 0.29) is 5.78 Å². The van der Waals surface area contributed by atoms with E-state index in [0.717, 1.165) is 13.2 Å². The fraction of sp³-hybridized carbons (Fsp3) is 0.933. The highest BCUT2D eigenvalue weighted by molar-refractivity contribution is 5.78. The lowest BCUT2D eigenvalue weighted by atomic mass is 10.2. The maximum Gasteiger partial charge on any atom is 0.134 e. The van der Waals surface area contributed by atoms with Crippen molar-refractivity contribution in [3.63, 3.8) is 0 Å². The summed E-state index contributed by atoms with van der Waals surface area (Å²) in [5.74, 6) is 0.237. The zero-order valence-electron chi connectivity index (χ0n) is 13.2. The molecule has 0 saturated carbocycles. The molecule has 0 spiro atoms. The average molecular weight is 303 g/mol. The summed E-state index contributed by atoms with van der Waals surface area (Å²) in [6.45, 7) is 10.1. The molecule has 0 unspecified atom stereocenters. The Kier molecular flexibility index (Phi) is 11.6. The molecule has 0 aliphatic carbocycles. The second-order valence-electron chi connectivity index (χ2n) is 4.93. The normalized spacial score (nSPS) is 14.5.